The lowest BCUT2D eigenvalue weighted by atomic mass is 10.0. The molecule has 1 aromatic heterocycles. The molecule has 2 N–H and O–H groups in total. The molecule has 0 bridgehead atoms. The van der Waals surface area contributed by atoms with Crippen LogP contribution < -0.4 is 11.2 Å². The van der Waals surface area contributed by atoms with Crippen molar-refractivity contribution in [2.45, 2.75) is 26.3 Å². The average Bonchev–Trinajstić information content (AvgIpc) is 2.37. The summed E-state index contributed by atoms with van der Waals surface area (Å²) in [7, 11) is 0. The molecule has 2 rings (SSSR count). The second kappa shape index (κ2) is 5.32. The van der Waals surface area contributed by atoms with Crippen molar-refractivity contribution in [3.63, 3.8) is 0 Å². The number of aromatic amines is 1. The van der Waals surface area contributed by atoms with Gasteiger partial charge in [0.2, 0.25) is 0 Å². The van der Waals surface area contributed by atoms with E-state index in [1.807, 2.05) is 13.8 Å². The number of nitrogens with one attached hydrogen (secondary N) is 1. The number of carboxylic acids is 1. The van der Waals surface area contributed by atoms with Gasteiger partial charge >= 0.3 is 11.7 Å². The highest BCUT2D eigenvalue weighted by atomic mass is 16.4. The monoisotopic (exact) mass is 276 g/mol. The van der Waals surface area contributed by atoms with Crippen LogP contribution in [0, 0.1) is 5.92 Å². The van der Waals surface area contributed by atoms with Crippen LogP contribution >= 0.6 is 0 Å². The van der Waals surface area contributed by atoms with Gasteiger partial charge < -0.3 is 10.1 Å². The number of hydrogen-bond acceptors (Lipinski definition) is 3. The van der Waals surface area contributed by atoms with Gasteiger partial charge in [-0.25, -0.2) is 14.2 Å². The highest BCUT2D eigenvalue weighted by Crippen LogP contribution is 2.15. The Hall–Kier alpha value is -2.37. The molecule has 0 saturated heterocycles. The van der Waals surface area contributed by atoms with E-state index in [0.717, 1.165) is 4.57 Å². The number of carbonyl (C=O) groups is 1. The quantitative estimate of drug-likeness (QED) is 0.882. The van der Waals surface area contributed by atoms with E-state index < -0.39 is 23.3 Å². The third-order valence-electron chi connectivity index (χ3n) is 3.13. The molecule has 1 unspecified atom stereocenters. The van der Waals surface area contributed by atoms with E-state index in [4.69, 9.17) is 0 Å². The van der Waals surface area contributed by atoms with Crippen LogP contribution in [0.4, 0.5) is 0 Å². The Morgan fingerprint density at radius 2 is 1.95 bits per heavy atom. The van der Waals surface area contributed by atoms with Crippen LogP contribution in [0.1, 0.15) is 26.3 Å². The lowest BCUT2D eigenvalue weighted by molar-refractivity contribution is -0.141. The van der Waals surface area contributed by atoms with Gasteiger partial charge in [-0.15, -0.1) is 0 Å². The van der Waals surface area contributed by atoms with Gasteiger partial charge in [0.25, 0.3) is 5.56 Å². The smallest absolute Gasteiger partial charge is 0.329 e. The summed E-state index contributed by atoms with van der Waals surface area (Å²) in [5.41, 5.74) is -0.855. The summed E-state index contributed by atoms with van der Waals surface area (Å²) in [4.78, 5) is 38.3. The maximum absolute atomic E-state index is 12.4. The van der Waals surface area contributed by atoms with Crippen molar-refractivity contribution in [1.82, 2.24) is 9.55 Å². The number of aliphatic carboxylic acids is 1. The van der Waals surface area contributed by atoms with E-state index in [1.165, 1.54) is 0 Å². The Bertz CT molecular complexity index is 758. The predicted molar refractivity (Wildman–Crippen MR) is 75.0 cm³/mol. The second-order valence-electron chi connectivity index (χ2n) is 5.13. The number of para-hydroxylation sites is 1. The Morgan fingerprint density at radius 1 is 1.30 bits per heavy atom. The minimum absolute atomic E-state index is 0.0499. The second-order valence-corrected chi connectivity index (χ2v) is 5.13. The van der Waals surface area contributed by atoms with Crippen molar-refractivity contribution >= 4 is 16.9 Å². The fraction of sp³-hybridized carbons (Fsp3) is 0.357. The highest BCUT2D eigenvalue weighted by Gasteiger charge is 2.25. The molecule has 2 aromatic rings. The van der Waals surface area contributed by atoms with Gasteiger partial charge in [0.05, 0.1) is 10.9 Å². The first-order chi connectivity index (χ1) is 9.41. The number of benzene rings is 1. The molecule has 0 aliphatic carbocycles. The molecule has 1 aromatic carbocycles. The van der Waals surface area contributed by atoms with E-state index in [-0.39, 0.29) is 12.3 Å². The fourth-order valence-electron chi connectivity index (χ4n) is 2.22. The normalized spacial score (nSPS) is 12.8. The molecule has 0 spiro atoms. The molecule has 0 amide bonds. The minimum Gasteiger partial charge on any atom is -0.480 e. The largest absolute Gasteiger partial charge is 0.480 e. The van der Waals surface area contributed by atoms with E-state index >= 15 is 0 Å². The maximum Gasteiger partial charge on any atom is 0.329 e. The van der Waals surface area contributed by atoms with Gasteiger partial charge in [0.15, 0.2) is 0 Å². The molecule has 6 heteroatoms. The van der Waals surface area contributed by atoms with Crippen LogP contribution in [0.15, 0.2) is 33.9 Å². The molecular weight excluding hydrogens is 260 g/mol. The molecule has 1 atom stereocenters. The molecule has 6 nitrogen and oxygen atoms in total. The van der Waals surface area contributed by atoms with Crippen LogP contribution in [0.5, 0.6) is 0 Å². The zero-order valence-electron chi connectivity index (χ0n) is 11.3. The predicted octanol–water partition coefficient (Wildman–Crippen LogP) is 1.36. The fourth-order valence-corrected chi connectivity index (χ4v) is 2.22. The summed E-state index contributed by atoms with van der Waals surface area (Å²) in [6.07, 6.45) is 0.219. The van der Waals surface area contributed by atoms with Crippen molar-refractivity contribution in [3.05, 3.63) is 45.1 Å². The van der Waals surface area contributed by atoms with Crippen molar-refractivity contribution in [2.24, 2.45) is 5.92 Å². The maximum atomic E-state index is 12.4. The van der Waals surface area contributed by atoms with E-state index in [2.05, 4.69) is 4.98 Å². The summed E-state index contributed by atoms with van der Waals surface area (Å²) in [5.74, 6) is -1.13. The number of rotatable bonds is 4. The highest BCUT2D eigenvalue weighted by molar-refractivity contribution is 5.78. The van der Waals surface area contributed by atoms with Gasteiger partial charge in [-0.1, -0.05) is 26.0 Å². The number of hydrogen-bond donors (Lipinski definition) is 2. The third kappa shape index (κ3) is 2.49. The van der Waals surface area contributed by atoms with Gasteiger partial charge in [-0.05, 0) is 24.5 Å². The van der Waals surface area contributed by atoms with Crippen LogP contribution in [0.3, 0.4) is 0 Å². The number of nitrogens with zero attached hydrogens (tertiary/aromatic N) is 1. The summed E-state index contributed by atoms with van der Waals surface area (Å²) in [6.45, 7) is 3.69. The Kier molecular flexibility index (Phi) is 3.74. The molecule has 0 aliphatic heterocycles. The zero-order chi connectivity index (χ0) is 14.9. The van der Waals surface area contributed by atoms with Crippen LogP contribution in [0.2, 0.25) is 0 Å². The molecule has 0 saturated carbocycles. The lowest BCUT2D eigenvalue weighted by Gasteiger charge is -2.16. The molecule has 20 heavy (non-hydrogen) atoms. The molecule has 0 aliphatic rings. The standard InChI is InChI=1S/C14H16N2O4/c1-8(2)7-11(13(18)19)16-12(17)9-5-3-4-6-10(9)15-14(16)20/h3-6,8,11H,7H2,1-2H3,(H,15,20)(H,18,19). The average molecular weight is 276 g/mol. The topological polar surface area (TPSA) is 92.2 Å². The molecule has 0 fully saturated rings. The first kappa shape index (κ1) is 14.0. The Morgan fingerprint density at radius 3 is 2.55 bits per heavy atom. The summed E-state index contributed by atoms with van der Waals surface area (Å²) >= 11 is 0. The number of aromatic nitrogens is 2. The van der Waals surface area contributed by atoms with E-state index in [9.17, 15) is 19.5 Å². The van der Waals surface area contributed by atoms with Crippen LogP contribution in [-0.4, -0.2) is 20.6 Å². The molecule has 106 valence electrons. The summed E-state index contributed by atoms with van der Waals surface area (Å²) in [5, 5.41) is 9.59. The molecule has 0 radical (unpaired) electrons. The molecule has 1 heterocycles. The zero-order valence-corrected chi connectivity index (χ0v) is 11.3. The Balaban J connectivity index is 2.72. The Labute approximate surface area is 114 Å². The van der Waals surface area contributed by atoms with Crippen molar-refractivity contribution in [1.29, 1.82) is 0 Å². The van der Waals surface area contributed by atoms with Gasteiger partial charge in [0.1, 0.15) is 6.04 Å². The lowest BCUT2D eigenvalue weighted by Crippen LogP contribution is -2.41. The number of H-pyrrole nitrogens is 1. The van der Waals surface area contributed by atoms with Crippen molar-refractivity contribution in [3.8, 4) is 0 Å². The van der Waals surface area contributed by atoms with Gasteiger partial charge in [0, 0.05) is 0 Å². The minimum atomic E-state index is -1.18. The number of carboxylic acid groups (broad SMARTS) is 1. The van der Waals surface area contributed by atoms with Gasteiger partial charge in [-0.3, -0.25) is 4.79 Å². The van der Waals surface area contributed by atoms with Crippen LogP contribution in [0.25, 0.3) is 10.9 Å². The van der Waals surface area contributed by atoms with E-state index in [0.29, 0.717) is 10.9 Å². The number of fused-ring (bicyclic) bond motifs is 1. The van der Waals surface area contributed by atoms with E-state index in [1.54, 1.807) is 24.3 Å². The van der Waals surface area contributed by atoms with Crippen LogP contribution in [-0.2, 0) is 4.79 Å². The SMILES string of the molecule is CC(C)CC(C(=O)O)n1c(=O)[nH]c2ccccc2c1=O. The third-order valence-corrected chi connectivity index (χ3v) is 3.13. The summed E-state index contributed by atoms with van der Waals surface area (Å²) in [6, 6.07) is 5.39. The summed E-state index contributed by atoms with van der Waals surface area (Å²) < 4.78 is 0.796. The first-order valence-electron chi connectivity index (χ1n) is 6.38. The molecular formula is C14H16N2O4. The first-order valence-corrected chi connectivity index (χ1v) is 6.38. The van der Waals surface area contributed by atoms with Gasteiger partial charge in [-0.2, -0.15) is 0 Å². The van der Waals surface area contributed by atoms with Crippen molar-refractivity contribution < 1.29 is 9.90 Å². The van der Waals surface area contributed by atoms with Crippen molar-refractivity contribution in [2.75, 3.05) is 0 Å².